The lowest BCUT2D eigenvalue weighted by atomic mass is 10.1. The predicted molar refractivity (Wildman–Crippen MR) is 331 cm³/mol. The molecule has 2 saturated heterocycles. The van der Waals surface area contributed by atoms with Crippen molar-refractivity contribution in [2.75, 3.05) is 63.4 Å². The Morgan fingerprint density at radius 3 is 1.65 bits per heavy atom. The summed E-state index contributed by atoms with van der Waals surface area (Å²) in [5.41, 5.74) is 5.96. The Bertz CT molecular complexity index is 3610. The van der Waals surface area contributed by atoms with Crippen molar-refractivity contribution in [2.45, 2.75) is 46.6 Å². The summed E-state index contributed by atoms with van der Waals surface area (Å²) < 4.78 is 48.9. The lowest BCUT2D eigenvalue weighted by Crippen LogP contribution is -2.44. The average Bonchev–Trinajstić information content (AvgIpc) is 3.62. The Kier molecular flexibility index (Phi) is 26.0. The van der Waals surface area contributed by atoms with E-state index in [1.165, 1.54) is 36.9 Å². The van der Waals surface area contributed by atoms with Gasteiger partial charge in [0.25, 0.3) is 0 Å². The maximum absolute atomic E-state index is 13.4. The van der Waals surface area contributed by atoms with Gasteiger partial charge in [0.15, 0.2) is 5.71 Å². The maximum Gasteiger partial charge on any atom is 0.235 e. The first kappa shape index (κ1) is 64.6. The van der Waals surface area contributed by atoms with E-state index in [9.17, 15) is 13.6 Å². The molecule has 0 bridgehead atoms. The molecule has 2 aromatic heterocycles. The van der Waals surface area contributed by atoms with Gasteiger partial charge >= 0.3 is 0 Å². The zero-order chi connectivity index (χ0) is 56.8. The van der Waals surface area contributed by atoms with E-state index in [1.54, 1.807) is 86.6 Å². The molecule has 0 radical (unpaired) electrons. The summed E-state index contributed by atoms with van der Waals surface area (Å²) in [5, 5.41) is 19.6. The molecule has 432 valence electrons. The molecule has 22 heteroatoms. The van der Waals surface area contributed by atoms with Gasteiger partial charge in [-0.2, -0.15) is 0 Å². The van der Waals surface area contributed by atoms with Crippen LogP contribution in [-0.4, -0.2) is 96.2 Å². The van der Waals surface area contributed by atoms with Crippen molar-refractivity contribution in [1.29, 1.82) is 0 Å². The minimum atomic E-state index is -0.319. The van der Waals surface area contributed by atoms with Crippen molar-refractivity contribution < 1.29 is 42.2 Å². The number of hydrogen-bond donors (Lipinski definition) is 5. The van der Waals surface area contributed by atoms with Crippen LogP contribution in [0.3, 0.4) is 0 Å². The van der Waals surface area contributed by atoms with Crippen LogP contribution in [0.15, 0.2) is 139 Å². The molecule has 4 heterocycles. The van der Waals surface area contributed by atoms with Crippen LogP contribution in [0.2, 0.25) is 10.0 Å². The zero-order valence-corrected chi connectivity index (χ0v) is 48.4. The van der Waals surface area contributed by atoms with Crippen molar-refractivity contribution >= 4 is 103 Å². The van der Waals surface area contributed by atoms with E-state index in [0.717, 1.165) is 36.2 Å². The maximum atomic E-state index is 13.4. The van der Waals surface area contributed by atoms with Crippen LogP contribution in [0, 0.1) is 35.3 Å². The first-order valence-electron chi connectivity index (χ1n) is 25.5. The summed E-state index contributed by atoms with van der Waals surface area (Å²) in [4.78, 5) is 39.6. The number of nitrogens with zero attached hydrogens (tertiary/aromatic N) is 5. The van der Waals surface area contributed by atoms with Gasteiger partial charge in [-0.25, -0.2) is 34.6 Å². The highest BCUT2D eigenvalue weighted by molar-refractivity contribution is 14.0. The van der Waals surface area contributed by atoms with E-state index in [1.807, 2.05) is 24.3 Å². The number of Topliss-reactive ketones (excluding diaryl/α,β-unsaturated/α-hetero) is 1. The van der Waals surface area contributed by atoms with Crippen LogP contribution in [0.5, 0.6) is 11.5 Å². The van der Waals surface area contributed by atoms with E-state index < -0.39 is 0 Å². The topological polar surface area (TPSA) is 211 Å². The smallest absolute Gasteiger partial charge is 0.235 e. The number of carbonyl (C=O) groups excluding carboxylic acids is 1. The molecule has 0 spiro atoms. The van der Waals surface area contributed by atoms with Gasteiger partial charge in [-0.05, 0) is 134 Å². The average molecular weight is 1280 g/mol. The van der Waals surface area contributed by atoms with Gasteiger partial charge < -0.3 is 49.9 Å². The highest BCUT2D eigenvalue weighted by atomic mass is 127. The molecule has 17 nitrogen and oxygen atoms in total. The molecule has 0 saturated carbocycles. The number of anilines is 4. The fraction of sp³-hybridized carbons (Fsp3) is 0.246. The lowest BCUT2D eigenvalue weighted by molar-refractivity contribution is 0.0290. The summed E-state index contributed by atoms with van der Waals surface area (Å²) >= 11 is 12.9. The highest BCUT2D eigenvalue weighted by Crippen LogP contribution is 2.33. The van der Waals surface area contributed by atoms with Crippen molar-refractivity contribution in [2.24, 2.45) is 11.1 Å². The minimum absolute atomic E-state index is 0. The van der Waals surface area contributed by atoms with Gasteiger partial charge in [-0.3, -0.25) is 4.79 Å². The van der Waals surface area contributed by atoms with Crippen LogP contribution in [0.1, 0.15) is 48.3 Å². The van der Waals surface area contributed by atoms with Crippen molar-refractivity contribution in [3.63, 3.8) is 0 Å². The molecule has 2 fully saturated rings. The molecular formula is C61H61Cl2F2IN10O7. The molecule has 6 aromatic carbocycles. The van der Waals surface area contributed by atoms with Crippen LogP contribution in [-0.2, 0) is 32.4 Å². The van der Waals surface area contributed by atoms with Gasteiger partial charge in [-0.1, -0.05) is 71.9 Å². The number of nitrogens with two attached hydrogens (primary N) is 1. The van der Waals surface area contributed by atoms with Crippen LogP contribution < -0.4 is 36.6 Å². The molecule has 0 unspecified atom stereocenters. The minimum Gasteiger partial charge on any atom is -0.487 e. The van der Waals surface area contributed by atoms with Gasteiger partial charge in [0.05, 0.1) is 66.2 Å². The highest BCUT2D eigenvalue weighted by Gasteiger charge is 2.16. The third kappa shape index (κ3) is 19.5. The SMILES string of the molecule is C.CC#C/C(=N\OC[C@H]1COCCN1)c1ccc2ncnc(Nc3ccc(OCc4cccc(F)c4)c(Cl)c3)c2c1.CC#CC(=O)c1ccc2ncnc(Nc3ccc(OCc4cccc(F)c4)c(Cl)c3)c2c1.I.NOC[C@H]1COCCN1. The second-order valence-corrected chi connectivity index (χ2v) is 18.7. The molecule has 10 rings (SSSR count). The Labute approximate surface area is 507 Å². The Morgan fingerprint density at radius 1 is 0.675 bits per heavy atom. The Hall–Kier alpha value is -7.61. The van der Waals surface area contributed by atoms with Crippen LogP contribution in [0.4, 0.5) is 31.8 Å². The van der Waals surface area contributed by atoms with Gasteiger partial charge in [0.2, 0.25) is 5.78 Å². The number of halogens is 5. The molecule has 83 heavy (non-hydrogen) atoms. The monoisotopic (exact) mass is 1280 g/mol. The summed E-state index contributed by atoms with van der Waals surface area (Å²) in [6.07, 6.45) is 2.93. The number of rotatable bonds is 17. The first-order chi connectivity index (χ1) is 39.5. The summed E-state index contributed by atoms with van der Waals surface area (Å²) in [7, 11) is 0. The fourth-order valence-electron chi connectivity index (χ4n) is 8.05. The van der Waals surface area contributed by atoms with Crippen LogP contribution >= 0.6 is 47.2 Å². The number of ether oxygens (including phenoxy) is 4. The quantitative estimate of drug-likeness (QED) is 0.0143. The van der Waals surface area contributed by atoms with E-state index in [4.69, 9.17) is 52.9 Å². The third-order valence-electron chi connectivity index (χ3n) is 12.0. The number of carbonyl (C=O) groups is 1. The molecule has 2 aliphatic heterocycles. The van der Waals surface area contributed by atoms with E-state index in [0.29, 0.717) is 111 Å². The molecule has 6 N–H and O–H groups in total. The summed E-state index contributed by atoms with van der Waals surface area (Å²) in [6.45, 7) is 9.12. The first-order valence-corrected chi connectivity index (χ1v) is 26.2. The second kappa shape index (κ2) is 33.5. The lowest BCUT2D eigenvalue weighted by Gasteiger charge is -2.22. The molecular weight excluding hydrogens is 1220 g/mol. The number of ketones is 1. The normalized spacial score (nSPS) is 14.4. The van der Waals surface area contributed by atoms with E-state index >= 15 is 0 Å². The molecule has 8 aromatic rings. The summed E-state index contributed by atoms with van der Waals surface area (Å²) in [5.74, 6) is 17.1. The number of oxime groups is 1. The Balaban J connectivity index is 0.000000230. The van der Waals surface area contributed by atoms with Crippen molar-refractivity contribution in [3.05, 3.63) is 178 Å². The second-order valence-electron chi connectivity index (χ2n) is 17.9. The zero-order valence-electron chi connectivity index (χ0n) is 44.5. The number of hydrogen-bond acceptors (Lipinski definition) is 17. The molecule has 2 atom stereocenters. The fourth-order valence-corrected chi connectivity index (χ4v) is 8.52. The molecule has 0 aliphatic carbocycles. The van der Waals surface area contributed by atoms with Crippen molar-refractivity contribution in [3.8, 4) is 35.2 Å². The number of benzene rings is 6. The number of fused-ring (bicyclic) bond motifs is 2. The van der Waals surface area contributed by atoms with E-state index in [2.05, 4.69) is 74.9 Å². The molecule has 2 aliphatic rings. The number of aromatic nitrogens is 4. The van der Waals surface area contributed by atoms with Crippen LogP contribution in [0.25, 0.3) is 21.8 Å². The Morgan fingerprint density at radius 2 is 1.18 bits per heavy atom. The predicted octanol–water partition coefficient (Wildman–Crippen LogP) is 11.5. The van der Waals surface area contributed by atoms with Crippen molar-refractivity contribution in [1.82, 2.24) is 30.6 Å². The van der Waals surface area contributed by atoms with Gasteiger partial charge in [0.1, 0.15) is 67.2 Å². The third-order valence-corrected chi connectivity index (χ3v) is 12.6. The summed E-state index contributed by atoms with van der Waals surface area (Å²) in [6, 6.07) is 34.2. The van der Waals surface area contributed by atoms with Gasteiger partial charge in [0, 0.05) is 46.4 Å². The number of morpholine rings is 2. The largest absolute Gasteiger partial charge is 0.487 e. The van der Waals surface area contributed by atoms with Gasteiger partial charge in [-0.15, -0.1) is 24.0 Å². The number of nitrogens with one attached hydrogen (secondary N) is 4. The standard InChI is InChI=1S/C30H27ClFN5O3.C25H17ClFN3O2.C5H12N2O2.CH4.HI/c1-2-4-27(37-40-18-24-17-38-12-11-33-24)21-7-9-28-25(14-21)30(35-19-34-28)36-23-8-10-29(26(31)15-23)39-16-20-5-3-6-22(32)13-20;1-2-4-23(31)17-7-9-22-20(12-17)25(29-15-28-22)30-19-8-10-24(21(26)13-19)32-14-16-5-3-6-18(27)11-16;6-9-4-5-3-8-2-1-7-5;;/h3,5-10,13-15,19,24,33H,11-12,16-18H2,1H3,(H,34,35,36);3,5-13,15H,14H2,1H3,(H,28,29,30);5,7H,1-4,6H2;1H4;1H/b37-27+;;;;/t24-;;5-;;/m1.1../s1. The van der Waals surface area contributed by atoms with E-state index in [-0.39, 0.29) is 74.1 Å². The molecule has 0 amide bonds.